The Kier molecular flexibility index (Phi) is 7.18. The van der Waals surface area contributed by atoms with E-state index >= 15 is 0 Å². The zero-order valence-corrected chi connectivity index (χ0v) is 28.4. The first-order valence-corrected chi connectivity index (χ1v) is 17.8. The van der Waals surface area contributed by atoms with E-state index in [1.165, 1.54) is 43.8 Å². The summed E-state index contributed by atoms with van der Waals surface area (Å²) in [5.41, 5.74) is 11.9. The van der Waals surface area contributed by atoms with Crippen LogP contribution in [-0.4, -0.2) is 0 Å². The molecule has 10 rings (SSSR count). The van der Waals surface area contributed by atoms with E-state index in [1.807, 2.05) is 6.07 Å². The van der Waals surface area contributed by atoms with E-state index in [1.54, 1.807) is 0 Å². The maximum atomic E-state index is 6.77. The van der Waals surface area contributed by atoms with E-state index in [0.29, 0.717) is 0 Å². The molecule has 0 spiro atoms. The van der Waals surface area contributed by atoms with E-state index in [0.717, 1.165) is 50.1 Å². The molecule has 1 heterocycles. The van der Waals surface area contributed by atoms with Crippen LogP contribution in [-0.2, 0) is 0 Å². The van der Waals surface area contributed by atoms with Gasteiger partial charge in [0.1, 0.15) is 11.2 Å². The minimum Gasteiger partial charge on any atom is -0.455 e. The fraction of sp³-hybridized carbons (Fsp3) is 0. The summed E-state index contributed by atoms with van der Waals surface area (Å²) in [5.74, 6) is 0. The second-order valence-corrected chi connectivity index (χ2v) is 13.3. The smallest absolute Gasteiger partial charge is 0.143 e. The molecule has 52 heavy (non-hydrogen) atoms. The Labute approximate surface area is 302 Å². The number of fused-ring (bicyclic) bond motifs is 6. The molecule has 10 aromatic rings. The van der Waals surface area contributed by atoms with Gasteiger partial charge in [0.2, 0.25) is 0 Å². The third kappa shape index (κ3) is 5.12. The van der Waals surface area contributed by atoms with Gasteiger partial charge in [0.25, 0.3) is 0 Å². The number of rotatable bonds is 6. The van der Waals surface area contributed by atoms with Crippen LogP contribution in [0.3, 0.4) is 0 Å². The molecule has 0 saturated heterocycles. The van der Waals surface area contributed by atoms with E-state index in [-0.39, 0.29) is 0 Å². The lowest BCUT2D eigenvalue weighted by Gasteiger charge is -2.27. The van der Waals surface area contributed by atoms with Crippen LogP contribution >= 0.6 is 0 Å². The molecule has 0 aliphatic heterocycles. The van der Waals surface area contributed by atoms with E-state index in [2.05, 4.69) is 199 Å². The second-order valence-electron chi connectivity index (χ2n) is 13.3. The van der Waals surface area contributed by atoms with Crippen LogP contribution in [0.25, 0.3) is 76.9 Å². The van der Waals surface area contributed by atoms with E-state index < -0.39 is 0 Å². The predicted molar refractivity (Wildman–Crippen MR) is 220 cm³/mol. The van der Waals surface area contributed by atoms with Gasteiger partial charge in [0.15, 0.2) is 0 Å². The normalized spacial score (nSPS) is 11.5. The van der Waals surface area contributed by atoms with Crippen molar-refractivity contribution < 1.29 is 4.42 Å². The molecule has 0 atom stereocenters. The standard InChI is InChI=1S/C50H33NO/c1-4-13-34(14-5-1)43-29-27-40(32-47(43)36-17-8-3-9-18-36)51(39-26-25-38-24-23-37-19-10-11-20-42(37)48(38)31-39)41-28-30-45-46-22-12-21-44(35-15-6-2-7-16-35)50(46)52-49(45)33-41/h1-33H. The molecule has 2 nitrogen and oxygen atoms in total. The van der Waals surface area contributed by atoms with Crippen LogP contribution in [0.2, 0.25) is 0 Å². The average molecular weight is 664 g/mol. The van der Waals surface area contributed by atoms with Crippen molar-refractivity contribution in [1.29, 1.82) is 0 Å². The first-order valence-electron chi connectivity index (χ1n) is 17.8. The van der Waals surface area contributed by atoms with Crippen molar-refractivity contribution in [3.8, 4) is 33.4 Å². The largest absolute Gasteiger partial charge is 0.455 e. The maximum Gasteiger partial charge on any atom is 0.143 e. The molecule has 1 aromatic heterocycles. The fourth-order valence-electron chi connectivity index (χ4n) is 7.74. The Morgan fingerprint density at radius 1 is 0.308 bits per heavy atom. The Morgan fingerprint density at radius 2 is 0.846 bits per heavy atom. The Hall–Kier alpha value is -6.90. The summed E-state index contributed by atoms with van der Waals surface area (Å²) in [6, 6.07) is 71.6. The summed E-state index contributed by atoms with van der Waals surface area (Å²) < 4.78 is 6.77. The van der Waals surface area contributed by atoms with Gasteiger partial charge in [0, 0.05) is 39.5 Å². The van der Waals surface area contributed by atoms with Gasteiger partial charge in [-0.3, -0.25) is 0 Å². The van der Waals surface area contributed by atoms with Crippen LogP contribution in [0.1, 0.15) is 0 Å². The zero-order valence-electron chi connectivity index (χ0n) is 28.4. The Morgan fingerprint density at radius 3 is 1.60 bits per heavy atom. The molecule has 0 bridgehead atoms. The molecule has 0 aliphatic rings. The van der Waals surface area contributed by atoms with Crippen molar-refractivity contribution in [2.45, 2.75) is 0 Å². The molecule has 244 valence electrons. The number of benzene rings is 9. The lowest BCUT2D eigenvalue weighted by Crippen LogP contribution is -2.10. The molecule has 0 N–H and O–H groups in total. The Bertz CT molecular complexity index is 2890. The quantitative estimate of drug-likeness (QED) is 0.165. The van der Waals surface area contributed by atoms with Gasteiger partial charge in [-0.2, -0.15) is 0 Å². The van der Waals surface area contributed by atoms with Gasteiger partial charge in [-0.05, 0) is 85.8 Å². The highest BCUT2D eigenvalue weighted by molar-refractivity contribution is 6.11. The maximum absolute atomic E-state index is 6.77. The first kappa shape index (κ1) is 30.0. The molecule has 0 amide bonds. The average Bonchev–Trinajstić information content (AvgIpc) is 3.60. The minimum absolute atomic E-state index is 0.858. The number of hydrogen-bond acceptors (Lipinski definition) is 2. The van der Waals surface area contributed by atoms with E-state index in [4.69, 9.17) is 4.42 Å². The van der Waals surface area contributed by atoms with Crippen LogP contribution in [0.5, 0.6) is 0 Å². The highest BCUT2D eigenvalue weighted by atomic mass is 16.3. The third-order valence-corrected chi connectivity index (χ3v) is 10.2. The second kappa shape index (κ2) is 12.5. The summed E-state index contributed by atoms with van der Waals surface area (Å²) >= 11 is 0. The number of anilines is 3. The molecular formula is C50H33NO. The molecule has 2 heteroatoms. The number of furan rings is 1. The summed E-state index contributed by atoms with van der Waals surface area (Å²) in [7, 11) is 0. The van der Waals surface area contributed by atoms with E-state index in [9.17, 15) is 0 Å². The number of para-hydroxylation sites is 1. The van der Waals surface area contributed by atoms with Crippen LogP contribution in [0, 0.1) is 0 Å². The molecule has 0 fully saturated rings. The fourth-order valence-corrected chi connectivity index (χ4v) is 7.74. The topological polar surface area (TPSA) is 16.4 Å². The molecule has 0 radical (unpaired) electrons. The van der Waals surface area contributed by atoms with Gasteiger partial charge in [-0.15, -0.1) is 0 Å². The predicted octanol–water partition coefficient (Wildman–Crippen LogP) is 14.4. The summed E-state index contributed by atoms with van der Waals surface area (Å²) in [6.45, 7) is 0. The molecule has 0 unspecified atom stereocenters. The zero-order chi connectivity index (χ0) is 34.4. The van der Waals surface area contributed by atoms with Crippen molar-refractivity contribution >= 4 is 60.5 Å². The molecule has 0 saturated carbocycles. The highest BCUT2D eigenvalue weighted by Gasteiger charge is 2.20. The minimum atomic E-state index is 0.858. The Balaban J connectivity index is 1.21. The van der Waals surface area contributed by atoms with Crippen LogP contribution < -0.4 is 4.90 Å². The highest BCUT2D eigenvalue weighted by Crippen LogP contribution is 2.44. The van der Waals surface area contributed by atoms with Crippen LogP contribution in [0.4, 0.5) is 17.1 Å². The lowest BCUT2D eigenvalue weighted by atomic mass is 9.93. The molecular weight excluding hydrogens is 631 g/mol. The van der Waals surface area contributed by atoms with Gasteiger partial charge in [-0.1, -0.05) is 158 Å². The third-order valence-electron chi connectivity index (χ3n) is 10.2. The summed E-state index contributed by atoms with van der Waals surface area (Å²) in [5, 5.41) is 7.13. The van der Waals surface area contributed by atoms with Crippen molar-refractivity contribution in [1.82, 2.24) is 0 Å². The van der Waals surface area contributed by atoms with Crippen molar-refractivity contribution in [3.05, 3.63) is 200 Å². The monoisotopic (exact) mass is 663 g/mol. The number of hydrogen-bond donors (Lipinski definition) is 0. The summed E-state index contributed by atoms with van der Waals surface area (Å²) in [4.78, 5) is 2.37. The lowest BCUT2D eigenvalue weighted by molar-refractivity contribution is 0.670. The first-order chi connectivity index (χ1) is 25.8. The van der Waals surface area contributed by atoms with Gasteiger partial charge < -0.3 is 9.32 Å². The SMILES string of the molecule is c1ccc(-c2ccc(N(c3ccc4c(c3)oc3c(-c5ccccc5)cccc34)c3ccc4ccc5ccccc5c4c3)cc2-c2ccccc2)cc1. The van der Waals surface area contributed by atoms with Gasteiger partial charge in [-0.25, -0.2) is 0 Å². The van der Waals surface area contributed by atoms with Crippen LogP contribution in [0.15, 0.2) is 205 Å². The molecule has 9 aromatic carbocycles. The summed E-state index contributed by atoms with van der Waals surface area (Å²) in [6.07, 6.45) is 0. The van der Waals surface area contributed by atoms with Crippen molar-refractivity contribution in [2.24, 2.45) is 0 Å². The molecule has 0 aliphatic carbocycles. The number of nitrogens with zero attached hydrogens (tertiary/aromatic N) is 1. The van der Waals surface area contributed by atoms with Gasteiger partial charge in [0.05, 0.1) is 0 Å². The van der Waals surface area contributed by atoms with Crippen molar-refractivity contribution in [3.63, 3.8) is 0 Å². The van der Waals surface area contributed by atoms with Crippen molar-refractivity contribution in [2.75, 3.05) is 4.90 Å². The van der Waals surface area contributed by atoms with Gasteiger partial charge >= 0.3 is 0 Å².